The summed E-state index contributed by atoms with van der Waals surface area (Å²) in [4.78, 5) is 123. The van der Waals surface area contributed by atoms with Gasteiger partial charge in [0.25, 0.3) is 34.3 Å². The number of phenols is 1. The molecule has 758 valence electrons. The van der Waals surface area contributed by atoms with Crippen LogP contribution in [-0.2, 0) is 71.0 Å². The van der Waals surface area contributed by atoms with Crippen molar-refractivity contribution >= 4 is 172 Å². The Morgan fingerprint density at radius 2 is 1.19 bits per heavy atom. The van der Waals surface area contributed by atoms with E-state index in [1.807, 2.05) is 115 Å². The number of hydrazone groups is 1. The summed E-state index contributed by atoms with van der Waals surface area (Å²) in [6.07, 6.45) is 10.9. The van der Waals surface area contributed by atoms with Gasteiger partial charge in [-0.15, -0.1) is 0 Å². The molecule has 0 radical (unpaired) electrons. The molecular weight excluding hydrogens is 2210 g/mol. The minimum absolute atomic E-state index is 0. The van der Waals surface area contributed by atoms with E-state index in [0.29, 0.717) is 87.9 Å². The van der Waals surface area contributed by atoms with Gasteiger partial charge in [-0.3, -0.25) is 53.2 Å². The summed E-state index contributed by atoms with van der Waals surface area (Å²) in [5, 5.41) is 82.6. The first-order chi connectivity index (χ1) is 67.5. The van der Waals surface area contributed by atoms with E-state index in [0.717, 1.165) is 119 Å². The molecule has 0 aliphatic carbocycles. The monoisotopic (exact) mass is 2310 g/mol. The topological polar surface area (TPSA) is 715 Å². The number of para-hydroxylation sites is 1. The van der Waals surface area contributed by atoms with Crippen molar-refractivity contribution in [3.05, 3.63) is 283 Å². The zero-order valence-corrected chi connectivity index (χ0v) is 105. The molecule has 12 N–H and O–H groups in total. The SMILES string of the molecule is CCCCOC(=O)c1ccc(O)cc1.CCNc1nc(NO)nc(NCC)n1.Cc1cc(=O)n2[nH]cnc2n1.Cc1ccc(S(=O)[O-])cc1.Cc1nc(C)nc(NO)n1.O=C(O)CCCCC1CCSS1.O=C([O-])C1=NN(c2ccc(S(=O)(=O)[O-])cc2)C(=O)C1=CC=Cc1c(C(=O)[O-])[nH]n(-c2ccc(S(=O)(=O)[O-])cc2)c1=O.O=S(=O)([S-])c1ccccc1.O=c1[nH]sc2ccccc12.OCCOc1ccccc1.[K+].[K+].[K+].[K+].[Na+].[Na+]. The number of H-pyrrole nitrogens is 3. The fourth-order valence-electron chi connectivity index (χ4n) is 11.1. The van der Waals surface area contributed by atoms with E-state index in [9.17, 15) is 91.7 Å². The van der Waals surface area contributed by atoms with Crippen LogP contribution in [0.25, 0.3) is 27.6 Å². The van der Waals surface area contributed by atoms with Gasteiger partial charge >= 0.3 is 277 Å². The van der Waals surface area contributed by atoms with Crippen molar-refractivity contribution in [3.8, 4) is 17.2 Å². The number of nitrogens with one attached hydrogen (secondary N) is 7. The van der Waals surface area contributed by atoms with Crippen LogP contribution in [-0.4, -0.2) is 212 Å². The third-order valence-corrected chi connectivity index (χ3v) is 25.4. The second kappa shape index (κ2) is 75.2. The number of carbonyl (C=O) groups is 5. The van der Waals surface area contributed by atoms with Crippen molar-refractivity contribution in [1.29, 1.82) is 0 Å². The maximum Gasteiger partial charge on any atom is 1.00 e. The van der Waals surface area contributed by atoms with Crippen LogP contribution in [0.4, 0.5) is 29.5 Å². The average Bonchev–Trinajstić information content (AvgIpc) is 1.64. The number of benzene rings is 7. The Labute approximate surface area is 1080 Å². The van der Waals surface area contributed by atoms with Crippen molar-refractivity contribution in [2.75, 3.05) is 65.3 Å². The van der Waals surface area contributed by atoms with Gasteiger partial charge in [-0.1, -0.05) is 125 Å². The van der Waals surface area contributed by atoms with E-state index in [1.54, 1.807) is 75.4 Å². The quantitative estimate of drug-likeness (QED) is 0.00249. The molecule has 2 aliphatic rings. The second-order valence-corrected chi connectivity index (χ2v) is 38.4. The van der Waals surface area contributed by atoms with E-state index in [1.165, 1.54) is 71.3 Å². The second-order valence-electron chi connectivity index (χ2n) is 28.4. The molecule has 15 rings (SSSR count). The molecule has 1 saturated heterocycles. The normalized spacial score (nSPS) is 12.3. The Bertz CT molecular complexity index is 6980. The van der Waals surface area contributed by atoms with Crippen molar-refractivity contribution < 1.29 is 377 Å². The number of anilines is 5. The van der Waals surface area contributed by atoms with Gasteiger partial charge in [0.2, 0.25) is 17.8 Å². The minimum atomic E-state index is -4.79. The van der Waals surface area contributed by atoms with Gasteiger partial charge in [-0.2, -0.15) is 39.5 Å². The molecule has 148 heavy (non-hydrogen) atoms. The maximum absolute atomic E-state index is 12.9. The number of allylic oxidation sites excluding steroid dienone is 2. The van der Waals surface area contributed by atoms with Crippen LogP contribution in [0.5, 0.6) is 11.5 Å². The van der Waals surface area contributed by atoms with Crippen LogP contribution in [0, 0.1) is 27.7 Å². The molecule has 0 bridgehead atoms. The van der Waals surface area contributed by atoms with Crippen molar-refractivity contribution in [2.24, 2.45) is 5.10 Å². The number of phenolic OH excluding ortho intramolecular Hbond substituents is 1. The average molecular weight is 2310 g/mol. The Hall–Kier alpha value is -5.73. The molecule has 2 unspecified atom stereocenters. The minimum Gasteiger partial charge on any atom is -0.768 e. The number of carboxylic acid groups (broad SMARTS) is 3. The molecule has 2 aliphatic heterocycles. The molecule has 8 heterocycles. The van der Waals surface area contributed by atoms with Crippen LogP contribution < -0.4 is 323 Å². The predicted molar refractivity (Wildman–Crippen MR) is 525 cm³/mol. The Kier molecular flexibility index (Phi) is 72.3. The number of aliphatic hydroxyl groups is 1. The van der Waals surface area contributed by atoms with Crippen molar-refractivity contribution in [1.82, 2.24) is 63.6 Å². The Morgan fingerprint density at radius 3 is 1.68 bits per heavy atom. The fraction of sp³-hybridized carbons (Fsp3) is 0.239. The number of esters is 1. The molecule has 1 amide bonds. The van der Waals surface area contributed by atoms with Crippen molar-refractivity contribution in [3.63, 3.8) is 0 Å². The van der Waals surface area contributed by atoms with Gasteiger partial charge in [0.1, 0.15) is 62.0 Å². The van der Waals surface area contributed by atoms with Gasteiger partial charge in [-0.25, -0.2) is 60.6 Å². The number of carboxylic acids is 3. The molecule has 2 atom stereocenters. The van der Waals surface area contributed by atoms with Crippen LogP contribution in [0.1, 0.15) is 115 Å². The zero-order valence-electron chi connectivity index (χ0n) is 82.3. The summed E-state index contributed by atoms with van der Waals surface area (Å²) >= 11 is 3.51. The number of hydrogen-bond donors (Lipinski definition) is 12. The number of nitrogens with zero attached hydrogens (tertiary/aromatic N) is 12. The maximum atomic E-state index is 12.9. The number of amides is 1. The number of aliphatic hydroxyl groups excluding tert-OH is 1. The summed E-state index contributed by atoms with van der Waals surface area (Å²) in [5.41, 5.74) is 2.06. The summed E-state index contributed by atoms with van der Waals surface area (Å²) < 4.78 is 124. The van der Waals surface area contributed by atoms with Gasteiger partial charge < -0.3 is 80.5 Å². The number of aromatic hydroxyl groups is 1. The van der Waals surface area contributed by atoms with Gasteiger partial charge in [0.05, 0.1) is 87.7 Å². The van der Waals surface area contributed by atoms with Gasteiger partial charge in [0.15, 0.2) is 0 Å². The molecule has 1 fully saturated rings. The molecule has 0 saturated carbocycles. The largest absolute Gasteiger partial charge is 1.00 e. The number of unbranched alkanes of at least 4 members (excludes halogenated alkanes) is 2. The first kappa shape index (κ1) is 142. The van der Waals surface area contributed by atoms with E-state index in [2.05, 4.69) is 81.8 Å². The number of carbonyl (C=O) groups excluding carboxylic acids is 4. The van der Waals surface area contributed by atoms with E-state index >= 15 is 0 Å². The Morgan fingerprint density at radius 1 is 0.649 bits per heavy atom. The summed E-state index contributed by atoms with van der Waals surface area (Å²) in [7, 11) is -9.08. The van der Waals surface area contributed by atoms with Gasteiger partial charge in [0, 0.05) is 52.1 Å². The third kappa shape index (κ3) is 51.8. The summed E-state index contributed by atoms with van der Waals surface area (Å²) in [5.74, 6) is -0.753. The number of aliphatic carboxylic acids is 2. The number of fused-ring (bicyclic) bond motifs is 2. The molecule has 46 nitrogen and oxygen atoms in total. The van der Waals surface area contributed by atoms with Crippen LogP contribution >= 0.6 is 33.1 Å². The fourth-order valence-corrected chi connectivity index (χ4v) is 17.0. The number of ether oxygens (including phenoxy) is 2. The van der Waals surface area contributed by atoms with Crippen LogP contribution in [0.15, 0.2) is 251 Å². The smallest absolute Gasteiger partial charge is 0.768 e. The number of aromatic amines is 3. The Balaban J connectivity index is 0.00000171. The molecule has 7 aromatic carbocycles. The summed E-state index contributed by atoms with van der Waals surface area (Å²) in [6, 6.07) is 46.9. The van der Waals surface area contributed by atoms with E-state index in [4.69, 9.17) is 35.2 Å². The number of rotatable bonds is 28. The number of aryl methyl sites for hydroxylation is 4. The standard InChI is InChI=1S/C23H16N4O12S2.C11H14O3.C8H14O2S2.C8H10O2.C7H14N6O.C7H5NOS.C7H8O2S.C6H6N4O.C6H6O2S2.C5H8N4O.4K.2Na/c28-20-16(18(22(30)31)24-26(20)12-4-8-14(9-5-12)40(34,35)36)2-1-3-17-19(23(32)33)25-27(21(17)29)13-6-10-15(11-7-13)41(37,38)39;1-2-3-8-14-11(13)9-4-6-10(12)7-5-9;9-8(10)4-2-1-3-7-5-6-11-12-7;9-6-7-10-8-4-2-1-3-5-8;1-3-8-5-10-6(9-4-2)12-7(11-5)13-14;9-7-5-3-1-2-4-6(5)10-8-7;1-6-2-4-7(5-3-6)10(8)9;1-4-2-5(11)10-6(9-4)7-3-8-10;7-10(8,9)6-4-2-1-3-5-6;1-3-6-4(2)8-5(7-3)9-10;;;;;;/h1-11,24H,(H,30,31)(H,32,33)(H,34,35,36)(H,37,38,39);4-7,12H,2-3,8H2,1H3;7H,1-6H2,(H,9,10);1-5,9H,6-7H2;14H,3-4H2,1-2H3,(H3,8,9,10,11,12,13);1-4H,(H,8,9);2-5H,1H3,(H,8,9);2-3H,1H3,(H,7,8,9);1-5H,(H,7,8,9);10H,1-2H3,(H,6,7,8,9);;;;;;/q;;;;;;;;;;6*+1/p-6. The van der Waals surface area contributed by atoms with Gasteiger partial charge in [-0.05, 0) is 212 Å². The van der Waals surface area contributed by atoms with Crippen LogP contribution in [0.2, 0.25) is 0 Å². The molecular formula is C88H95K4N19Na2O27S8. The van der Waals surface area contributed by atoms with E-state index in [-0.39, 0.29) is 322 Å². The molecule has 60 heteroatoms. The van der Waals surface area contributed by atoms with E-state index < -0.39 is 102 Å². The first-order valence-electron chi connectivity index (χ1n) is 41.9. The molecule has 13 aromatic rings. The summed E-state index contributed by atoms with van der Waals surface area (Å²) in [6.45, 7) is 15.3. The zero-order chi connectivity index (χ0) is 105. The third-order valence-electron chi connectivity index (χ3n) is 17.7. The van der Waals surface area contributed by atoms with Crippen molar-refractivity contribution in [2.45, 2.75) is 118 Å². The first-order valence-corrected chi connectivity index (χ1v) is 51.4. The number of aromatic nitrogens is 13. The number of aromatic carboxylic acids is 1. The molecule has 6 aromatic heterocycles. The number of hydrogen-bond acceptors (Lipinski definition) is 43. The molecule has 0 spiro atoms. The van der Waals surface area contributed by atoms with Crippen LogP contribution in [0.3, 0.4) is 0 Å². The predicted octanol–water partition coefficient (Wildman–Crippen LogP) is -10.1.